The summed E-state index contributed by atoms with van der Waals surface area (Å²) >= 11 is 1.67. The Morgan fingerprint density at radius 2 is 1.58 bits per heavy atom. The molecule has 1 heterocycles. The fourth-order valence-electron chi connectivity index (χ4n) is 2.97. The van der Waals surface area contributed by atoms with Crippen molar-refractivity contribution in [3.8, 4) is 10.6 Å². The predicted molar refractivity (Wildman–Crippen MR) is 101 cm³/mol. The summed E-state index contributed by atoms with van der Waals surface area (Å²) in [4.78, 5) is 19.3. The fraction of sp³-hybridized carbons (Fsp3) is 0.300. The highest BCUT2D eigenvalue weighted by molar-refractivity contribution is 7.21. The Hall–Kier alpha value is -2.20. The number of aromatic nitrogens is 1. The summed E-state index contributed by atoms with van der Waals surface area (Å²) in [5, 5.41) is 0.986. The Morgan fingerprint density at radius 3 is 2.17 bits per heavy atom. The van der Waals surface area contributed by atoms with Crippen molar-refractivity contribution >= 4 is 27.5 Å². The molecule has 0 aliphatic rings. The molecule has 0 fully saturated rings. The number of rotatable bonds is 4. The zero-order chi connectivity index (χ0) is 17.3. The molecule has 0 aliphatic carbocycles. The van der Waals surface area contributed by atoms with Gasteiger partial charge in [-0.25, -0.2) is 4.98 Å². The smallest absolute Gasteiger partial charge is 0.254 e. The second-order valence-electron chi connectivity index (χ2n) is 6.46. The van der Waals surface area contributed by atoms with Crippen LogP contribution in [0.2, 0.25) is 0 Å². The first kappa shape index (κ1) is 16.7. The molecule has 4 heteroatoms. The molecule has 24 heavy (non-hydrogen) atoms. The molecule has 0 spiro atoms. The number of hydrogen-bond acceptors (Lipinski definition) is 3. The molecule has 0 aliphatic heterocycles. The van der Waals surface area contributed by atoms with E-state index in [-0.39, 0.29) is 18.0 Å². The highest BCUT2D eigenvalue weighted by atomic mass is 32.1. The third-order valence-electron chi connectivity index (χ3n) is 4.02. The minimum atomic E-state index is 0.0795. The highest BCUT2D eigenvalue weighted by Gasteiger charge is 2.21. The van der Waals surface area contributed by atoms with Crippen LogP contribution in [0.4, 0.5) is 0 Å². The Labute approximate surface area is 147 Å². The summed E-state index contributed by atoms with van der Waals surface area (Å²) in [6.07, 6.45) is 0. The molecule has 0 radical (unpaired) electrons. The third-order valence-corrected chi connectivity index (χ3v) is 5.11. The van der Waals surface area contributed by atoms with Gasteiger partial charge < -0.3 is 4.90 Å². The number of carbonyl (C=O) groups is 1. The van der Waals surface area contributed by atoms with Gasteiger partial charge in [0.1, 0.15) is 5.01 Å². The van der Waals surface area contributed by atoms with Crippen LogP contribution in [-0.4, -0.2) is 27.9 Å². The van der Waals surface area contributed by atoms with Crippen molar-refractivity contribution in [1.29, 1.82) is 0 Å². The number of amides is 1. The quantitative estimate of drug-likeness (QED) is 0.653. The van der Waals surface area contributed by atoms with E-state index in [0.29, 0.717) is 0 Å². The van der Waals surface area contributed by atoms with Crippen LogP contribution in [0.25, 0.3) is 20.8 Å². The van der Waals surface area contributed by atoms with Gasteiger partial charge in [-0.2, -0.15) is 0 Å². The van der Waals surface area contributed by atoms with Crippen molar-refractivity contribution < 1.29 is 4.79 Å². The molecule has 1 amide bonds. The first-order chi connectivity index (χ1) is 11.5. The number of hydrogen-bond donors (Lipinski definition) is 0. The molecular formula is C20H22N2OS. The Bertz CT molecular complexity index is 808. The van der Waals surface area contributed by atoms with Gasteiger partial charge in [0, 0.05) is 23.2 Å². The van der Waals surface area contributed by atoms with Crippen LogP contribution in [0.3, 0.4) is 0 Å². The van der Waals surface area contributed by atoms with Crippen LogP contribution in [-0.2, 0) is 0 Å². The van der Waals surface area contributed by atoms with Crippen molar-refractivity contribution in [3.05, 3.63) is 54.1 Å². The summed E-state index contributed by atoms with van der Waals surface area (Å²) in [5.74, 6) is 0.0795. The zero-order valence-corrected chi connectivity index (χ0v) is 15.3. The molecule has 0 saturated heterocycles. The summed E-state index contributed by atoms with van der Waals surface area (Å²) in [6.45, 7) is 8.20. The van der Waals surface area contributed by atoms with E-state index < -0.39 is 0 Å². The van der Waals surface area contributed by atoms with Crippen LogP contribution in [0.15, 0.2) is 48.5 Å². The Morgan fingerprint density at radius 1 is 0.958 bits per heavy atom. The lowest BCUT2D eigenvalue weighted by atomic mass is 10.1. The van der Waals surface area contributed by atoms with Crippen molar-refractivity contribution in [2.24, 2.45) is 0 Å². The van der Waals surface area contributed by atoms with Crippen molar-refractivity contribution in [3.63, 3.8) is 0 Å². The average Bonchev–Trinajstić information content (AvgIpc) is 2.98. The zero-order valence-electron chi connectivity index (χ0n) is 14.5. The van der Waals surface area contributed by atoms with E-state index in [2.05, 4.69) is 11.1 Å². The van der Waals surface area contributed by atoms with Gasteiger partial charge in [0.15, 0.2) is 0 Å². The normalized spacial score (nSPS) is 11.4. The SMILES string of the molecule is CC(C)N(C(=O)c1ccc(-c2nc3ccccc3s2)cc1)C(C)C. The van der Waals surface area contributed by atoms with Gasteiger partial charge in [-0.05, 0) is 52.0 Å². The van der Waals surface area contributed by atoms with Crippen molar-refractivity contribution in [1.82, 2.24) is 9.88 Å². The van der Waals surface area contributed by atoms with Crippen molar-refractivity contribution in [2.45, 2.75) is 39.8 Å². The molecule has 0 N–H and O–H groups in total. The number of fused-ring (bicyclic) bond motifs is 1. The van der Waals surface area contributed by atoms with Crippen LogP contribution < -0.4 is 0 Å². The second-order valence-corrected chi connectivity index (χ2v) is 7.49. The lowest BCUT2D eigenvalue weighted by Crippen LogP contribution is -2.42. The fourth-order valence-corrected chi connectivity index (χ4v) is 3.94. The molecule has 0 saturated carbocycles. The van der Waals surface area contributed by atoms with Crippen LogP contribution in [0, 0.1) is 0 Å². The maximum absolute atomic E-state index is 12.7. The van der Waals surface area contributed by atoms with E-state index in [1.165, 1.54) is 4.70 Å². The number of para-hydroxylation sites is 1. The molecule has 3 aromatic rings. The number of thiazole rings is 1. The molecule has 1 aromatic heterocycles. The summed E-state index contributed by atoms with van der Waals surface area (Å²) < 4.78 is 1.18. The molecule has 3 rings (SSSR count). The Kier molecular flexibility index (Phi) is 4.67. The topological polar surface area (TPSA) is 33.2 Å². The number of nitrogens with zero attached hydrogens (tertiary/aromatic N) is 2. The van der Waals surface area contributed by atoms with Gasteiger partial charge in [-0.3, -0.25) is 4.79 Å². The van der Waals surface area contributed by atoms with Crippen LogP contribution in [0.1, 0.15) is 38.1 Å². The van der Waals surface area contributed by atoms with Gasteiger partial charge >= 0.3 is 0 Å². The molecular weight excluding hydrogens is 316 g/mol. The molecule has 0 unspecified atom stereocenters. The van der Waals surface area contributed by atoms with Crippen LogP contribution >= 0.6 is 11.3 Å². The van der Waals surface area contributed by atoms with Crippen molar-refractivity contribution in [2.75, 3.05) is 0 Å². The maximum atomic E-state index is 12.7. The van der Waals surface area contributed by atoms with Gasteiger partial charge in [0.2, 0.25) is 0 Å². The van der Waals surface area contributed by atoms with E-state index in [4.69, 9.17) is 0 Å². The third kappa shape index (κ3) is 3.20. The molecule has 0 bridgehead atoms. The Balaban J connectivity index is 1.88. The molecule has 3 nitrogen and oxygen atoms in total. The van der Waals surface area contributed by atoms with E-state index >= 15 is 0 Å². The van der Waals surface area contributed by atoms with E-state index in [9.17, 15) is 4.79 Å². The van der Waals surface area contributed by atoms with Gasteiger partial charge in [0.25, 0.3) is 5.91 Å². The van der Waals surface area contributed by atoms with E-state index in [0.717, 1.165) is 21.7 Å². The largest absolute Gasteiger partial charge is 0.334 e. The summed E-state index contributed by atoms with van der Waals surface area (Å²) in [7, 11) is 0. The first-order valence-electron chi connectivity index (χ1n) is 8.26. The lowest BCUT2D eigenvalue weighted by Gasteiger charge is -2.30. The van der Waals surface area contributed by atoms with Gasteiger partial charge in [0.05, 0.1) is 10.2 Å². The maximum Gasteiger partial charge on any atom is 0.254 e. The van der Waals surface area contributed by atoms with E-state index in [1.807, 2.05) is 75.1 Å². The average molecular weight is 338 g/mol. The minimum Gasteiger partial charge on any atom is -0.334 e. The predicted octanol–water partition coefficient (Wildman–Crippen LogP) is 5.22. The number of carbonyl (C=O) groups excluding carboxylic acids is 1. The second kappa shape index (κ2) is 6.73. The van der Waals surface area contributed by atoms with Gasteiger partial charge in [-0.15, -0.1) is 11.3 Å². The van der Waals surface area contributed by atoms with Gasteiger partial charge in [-0.1, -0.05) is 24.3 Å². The van der Waals surface area contributed by atoms with Crippen LogP contribution in [0.5, 0.6) is 0 Å². The molecule has 124 valence electrons. The summed E-state index contributed by atoms with van der Waals surface area (Å²) in [5.41, 5.74) is 2.79. The molecule has 2 aromatic carbocycles. The highest BCUT2D eigenvalue weighted by Crippen LogP contribution is 2.30. The monoisotopic (exact) mass is 338 g/mol. The lowest BCUT2D eigenvalue weighted by molar-refractivity contribution is 0.0644. The standard InChI is InChI=1S/C20H22N2OS/c1-13(2)22(14(3)4)20(23)16-11-9-15(10-12-16)19-21-17-7-5-6-8-18(17)24-19/h5-14H,1-4H3. The summed E-state index contributed by atoms with van der Waals surface area (Å²) in [6, 6.07) is 16.3. The van der Waals surface area contributed by atoms with E-state index in [1.54, 1.807) is 11.3 Å². The molecule has 0 atom stereocenters. The minimum absolute atomic E-state index is 0.0795. The number of benzene rings is 2. The first-order valence-corrected chi connectivity index (χ1v) is 9.07.